The molecular formula is C12H22Si. The maximum absolute atomic E-state index is 2.54. The van der Waals surface area contributed by atoms with Gasteiger partial charge in [0.1, 0.15) is 0 Å². The van der Waals surface area contributed by atoms with Crippen molar-refractivity contribution in [2.45, 2.75) is 51.4 Å². The Morgan fingerprint density at radius 1 is 1.38 bits per heavy atom. The summed E-state index contributed by atoms with van der Waals surface area (Å²) in [4.78, 5) is 0. The van der Waals surface area contributed by atoms with E-state index >= 15 is 0 Å². The van der Waals surface area contributed by atoms with E-state index in [4.69, 9.17) is 0 Å². The fourth-order valence-corrected chi connectivity index (χ4v) is 4.04. The topological polar surface area (TPSA) is 0 Å². The van der Waals surface area contributed by atoms with Crippen LogP contribution in [0, 0.1) is 11.3 Å². The summed E-state index contributed by atoms with van der Waals surface area (Å²) in [5, 5.41) is 0. The first-order chi connectivity index (χ1) is 5.99. The molecule has 1 heteroatoms. The molecule has 74 valence electrons. The summed E-state index contributed by atoms with van der Waals surface area (Å²) in [5.41, 5.74) is 0.672. The standard InChI is InChI=1S/C12H22Si/c1-13(2,3)9-8-12-6-4-11(10-12)5-7-12/h4,6,11H,5,7-10H2,1-3H3. The van der Waals surface area contributed by atoms with Crippen molar-refractivity contribution in [2.75, 3.05) is 0 Å². The van der Waals surface area contributed by atoms with Crippen molar-refractivity contribution in [3.05, 3.63) is 12.2 Å². The quantitative estimate of drug-likeness (QED) is 0.469. The molecule has 13 heavy (non-hydrogen) atoms. The molecule has 1 fully saturated rings. The molecule has 2 aliphatic rings. The second-order valence-corrected chi connectivity index (χ2v) is 11.9. The van der Waals surface area contributed by atoms with Crippen LogP contribution in [0.25, 0.3) is 0 Å². The molecule has 2 atom stereocenters. The zero-order chi connectivity index (χ0) is 9.53. The summed E-state index contributed by atoms with van der Waals surface area (Å²) in [7, 11) is -0.803. The highest BCUT2D eigenvalue weighted by atomic mass is 28.3. The molecule has 2 rings (SSSR count). The lowest BCUT2D eigenvalue weighted by atomic mass is 9.85. The largest absolute Gasteiger partial charge is 0.0848 e. The van der Waals surface area contributed by atoms with E-state index in [2.05, 4.69) is 31.8 Å². The highest BCUT2D eigenvalue weighted by Crippen LogP contribution is 2.52. The van der Waals surface area contributed by atoms with Crippen LogP contribution < -0.4 is 0 Å². The minimum Gasteiger partial charge on any atom is -0.0848 e. The van der Waals surface area contributed by atoms with Crippen LogP contribution >= 0.6 is 0 Å². The number of hydrogen-bond acceptors (Lipinski definition) is 0. The molecule has 0 spiro atoms. The summed E-state index contributed by atoms with van der Waals surface area (Å²) in [6.45, 7) is 7.48. The molecule has 0 aliphatic heterocycles. The molecule has 0 heterocycles. The van der Waals surface area contributed by atoms with Gasteiger partial charge in [0, 0.05) is 8.07 Å². The van der Waals surface area contributed by atoms with E-state index in [-0.39, 0.29) is 0 Å². The number of rotatable bonds is 3. The van der Waals surface area contributed by atoms with Crippen molar-refractivity contribution in [1.82, 2.24) is 0 Å². The van der Waals surface area contributed by atoms with E-state index < -0.39 is 8.07 Å². The van der Waals surface area contributed by atoms with E-state index in [1.807, 2.05) is 0 Å². The van der Waals surface area contributed by atoms with Gasteiger partial charge < -0.3 is 0 Å². The lowest BCUT2D eigenvalue weighted by Crippen LogP contribution is -2.23. The van der Waals surface area contributed by atoms with Crippen LogP contribution in [0.1, 0.15) is 25.7 Å². The minimum absolute atomic E-state index is 0.672. The minimum atomic E-state index is -0.803. The molecule has 2 aliphatic carbocycles. The molecule has 0 amide bonds. The first-order valence-electron chi connectivity index (χ1n) is 5.69. The fourth-order valence-electron chi connectivity index (χ4n) is 2.79. The zero-order valence-electron chi connectivity index (χ0n) is 9.27. The van der Waals surface area contributed by atoms with Gasteiger partial charge in [0.15, 0.2) is 0 Å². The highest BCUT2D eigenvalue weighted by molar-refractivity contribution is 6.76. The van der Waals surface area contributed by atoms with Gasteiger partial charge in [-0.1, -0.05) is 37.8 Å². The number of hydrogen-bond donors (Lipinski definition) is 0. The molecular weight excluding hydrogens is 172 g/mol. The first-order valence-corrected chi connectivity index (χ1v) is 9.39. The van der Waals surface area contributed by atoms with E-state index in [1.54, 1.807) is 0 Å². The van der Waals surface area contributed by atoms with Crippen LogP contribution in [-0.2, 0) is 0 Å². The third-order valence-electron chi connectivity index (χ3n) is 3.78. The zero-order valence-corrected chi connectivity index (χ0v) is 10.3. The Morgan fingerprint density at radius 2 is 2.15 bits per heavy atom. The fraction of sp³-hybridized carbons (Fsp3) is 0.833. The van der Waals surface area contributed by atoms with Crippen molar-refractivity contribution >= 4 is 8.07 Å². The molecule has 0 nitrogen and oxygen atoms in total. The van der Waals surface area contributed by atoms with Crippen molar-refractivity contribution in [1.29, 1.82) is 0 Å². The van der Waals surface area contributed by atoms with Gasteiger partial charge in [-0.25, -0.2) is 0 Å². The molecule has 0 N–H and O–H groups in total. The van der Waals surface area contributed by atoms with Crippen LogP contribution in [0.15, 0.2) is 12.2 Å². The van der Waals surface area contributed by atoms with Crippen LogP contribution in [0.3, 0.4) is 0 Å². The van der Waals surface area contributed by atoms with Gasteiger partial charge in [0.25, 0.3) is 0 Å². The average molecular weight is 194 g/mol. The third kappa shape index (κ3) is 2.07. The monoisotopic (exact) mass is 194 g/mol. The second kappa shape index (κ2) is 2.98. The maximum Gasteiger partial charge on any atom is 0.0443 e. The SMILES string of the molecule is C[Si](C)(C)CCC12C=CC(CC1)C2. The Bertz CT molecular complexity index is 224. The Hall–Kier alpha value is -0.0431. The van der Waals surface area contributed by atoms with Gasteiger partial charge in [0.05, 0.1) is 0 Å². The summed E-state index contributed by atoms with van der Waals surface area (Å²) < 4.78 is 0. The summed E-state index contributed by atoms with van der Waals surface area (Å²) in [6.07, 6.45) is 10.9. The highest BCUT2D eigenvalue weighted by Gasteiger charge is 2.40. The summed E-state index contributed by atoms with van der Waals surface area (Å²) >= 11 is 0. The van der Waals surface area contributed by atoms with Crippen molar-refractivity contribution in [3.63, 3.8) is 0 Å². The lowest BCUT2D eigenvalue weighted by Gasteiger charge is -2.27. The Kier molecular flexibility index (Phi) is 2.18. The smallest absolute Gasteiger partial charge is 0.0443 e. The Labute approximate surface area is 83.4 Å². The molecule has 1 saturated carbocycles. The van der Waals surface area contributed by atoms with Gasteiger partial charge in [-0.3, -0.25) is 0 Å². The lowest BCUT2D eigenvalue weighted by molar-refractivity contribution is 0.386. The maximum atomic E-state index is 2.54. The van der Waals surface area contributed by atoms with E-state index in [9.17, 15) is 0 Å². The molecule has 2 bridgehead atoms. The number of fused-ring (bicyclic) bond motifs is 2. The van der Waals surface area contributed by atoms with E-state index in [1.165, 1.54) is 31.7 Å². The van der Waals surface area contributed by atoms with Crippen LogP contribution in [0.2, 0.25) is 25.7 Å². The average Bonchev–Trinajstić information content (AvgIpc) is 2.59. The molecule has 0 saturated heterocycles. The predicted octanol–water partition coefficient (Wildman–Crippen LogP) is 4.07. The van der Waals surface area contributed by atoms with Crippen LogP contribution in [0.4, 0.5) is 0 Å². The van der Waals surface area contributed by atoms with Gasteiger partial charge >= 0.3 is 0 Å². The molecule has 0 aromatic heterocycles. The summed E-state index contributed by atoms with van der Waals surface area (Å²) in [5.74, 6) is 0.960. The van der Waals surface area contributed by atoms with Crippen molar-refractivity contribution in [2.24, 2.45) is 11.3 Å². The Balaban J connectivity index is 1.92. The first kappa shape index (κ1) is 9.51. The second-order valence-electron chi connectivity index (χ2n) is 6.29. The van der Waals surface area contributed by atoms with Crippen molar-refractivity contribution < 1.29 is 0 Å². The molecule has 2 unspecified atom stereocenters. The van der Waals surface area contributed by atoms with E-state index in [0.717, 1.165) is 5.92 Å². The predicted molar refractivity (Wildman–Crippen MR) is 61.7 cm³/mol. The Morgan fingerprint density at radius 3 is 2.54 bits per heavy atom. The molecule has 0 aromatic carbocycles. The van der Waals surface area contributed by atoms with E-state index in [0.29, 0.717) is 5.41 Å². The normalized spacial score (nSPS) is 37.3. The van der Waals surface area contributed by atoms with Crippen LogP contribution in [0.5, 0.6) is 0 Å². The van der Waals surface area contributed by atoms with Gasteiger partial charge in [-0.2, -0.15) is 0 Å². The molecule has 0 radical (unpaired) electrons. The van der Waals surface area contributed by atoms with Crippen molar-refractivity contribution in [3.8, 4) is 0 Å². The third-order valence-corrected chi connectivity index (χ3v) is 5.53. The molecule has 0 aromatic rings. The van der Waals surface area contributed by atoms with Gasteiger partial charge in [-0.15, -0.1) is 0 Å². The van der Waals surface area contributed by atoms with Crippen LogP contribution in [-0.4, -0.2) is 8.07 Å². The number of allylic oxidation sites excluding steroid dienone is 2. The van der Waals surface area contributed by atoms with Gasteiger partial charge in [-0.05, 0) is 37.0 Å². The van der Waals surface area contributed by atoms with Gasteiger partial charge in [0.2, 0.25) is 0 Å². The summed E-state index contributed by atoms with van der Waals surface area (Å²) in [6, 6.07) is 1.52.